The van der Waals surface area contributed by atoms with Gasteiger partial charge in [-0.1, -0.05) is 0 Å². The number of methoxy groups -OCH3 is 2. The highest BCUT2D eigenvalue weighted by Gasteiger charge is 2.24. The monoisotopic (exact) mass is 294 g/mol. The Balaban J connectivity index is 2.04. The molecule has 20 heavy (non-hydrogen) atoms. The summed E-state index contributed by atoms with van der Waals surface area (Å²) in [7, 11) is 3.21. The van der Waals surface area contributed by atoms with Gasteiger partial charge in [0, 0.05) is 26.3 Å². The highest BCUT2D eigenvalue weighted by Crippen LogP contribution is 2.19. The first-order chi connectivity index (χ1) is 9.58. The van der Waals surface area contributed by atoms with Gasteiger partial charge in [0.1, 0.15) is 5.60 Å². The minimum Gasteiger partial charge on any atom is -0.382 e. The van der Waals surface area contributed by atoms with Crippen LogP contribution in [0.5, 0.6) is 0 Å². The van der Waals surface area contributed by atoms with Crippen molar-refractivity contribution in [1.82, 2.24) is 10.3 Å². The first-order valence-corrected chi connectivity index (χ1v) is 7.11. The third kappa shape index (κ3) is 3.33. The Kier molecular flexibility index (Phi) is 4.69. The standard InChI is InChI=1S/C14H18N2O3S/c1-14(19-3,8-18-2)7-15-13(17)10-4-5-11-12(6-10)20-9-16-11/h4-6,9H,7-8H2,1-3H3,(H,15,17). The second-order valence-corrected chi connectivity index (χ2v) is 5.69. The first-order valence-electron chi connectivity index (χ1n) is 6.23. The van der Waals surface area contributed by atoms with E-state index in [2.05, 4.69) is 10.3 Å². The van der Waals surface area contributed by atoms with E-state index in [1.165, 1.54) is 11.3 Å². The summed E-state index contributed by atoms with van der Waals surface area (Å²) in [6, 6.07) is 5.48. The molecule has 2 aromatic rings. The number of fused-ring (bicyclic) bond motifs is 1. The highest BCUT2D eigenvalue weighted by molar-refractivity contribution is 7.16. The molecule has 0 aliphatic carbocycles. The number of nitrogens with one attached hydrogen (secondary N) is 1. The molecule has 0 saturated heterocycles. The van der Waals surface area contributed by atoms with Crippen molar-refractivity contribution in [1.29, 1.82) is 0 Å². The van der Waals surface area contributed by atoms with Crippen molar-refractivity contribution in [3.8, 4) is 0 Å². The van der Waals surface area contributed by atoms with Gasteiger partial charge in [-0.05, 0) is 25.1 Å². The molecule has 5 nitrogen and oxygen atoms in total. The third-order valence-electron chi connectivity index (χ3n) is 3.16. The van der Waals surface area contributed by atoms with Gasteiger partial charge in [-0.2, -0.15) is 0 Å². The number of aromatic nitrogens is 1. The first kappa shape index (κ1) is 14.9. The van der Waals surface area contributed by atoms with E-state index in [-0.39, 0.29) is 5.91 Å². The smallest absolute Gasteiger partial charge is 0.251 e. The lowest BCUT2D eigenvalue weighted by atomic mass is 10.1. The van der Waals surface area contributed by atoms with Crippen LogP contribution in [0, 0.1) is 0 Å². The predicted molar refractivity (Wildman–Crippen MR) is 79.2 cm³/mol. The van der Waals surface area contributed by atoms with Gasteiger partial charge < -0.3 is 14.8 Å². The molecule has 0 aliphatic heterocycles. The molecular formula is C14H18N2O3S. The minimum atomic E-state index is -0.529. The maximum absolute atomic E-state index is 12.2. The Labute approximate surface area is 121 Å². The van der Waals surface area contributed by atoms with Crippen LogP contribution in [0.1, 0.15) is 17.3 Å². The van der Waals surface area contributed by atoms with E-state index in [0.29, 0.717) is 18.7 Å². The number of hydrogen-bond donors (Lipinski definition) is 1. The Morgan fingerprint density at radius 3 is 2.95 bits per heavy atom. The van der Waals surface area contributed by atoms with Gasteiger partial charge in [0.15, 0.2) is 0 Å². The number of carbonyl (C=O) groups excluding carboxylic acids is 1. The Morgan fingerprint density at radius 2 is 2.25 bits per heavy atom. The molecule has 1 aromatic carbocycles. The molecule has 1 aromatic heterocycles. The fourth-order valence-corrected chi connectivity index (χ4v) is 2.57. The van der Waals surface area contributed by atoms with Gasteiger partial charge in [-0.15, -0.1) is 11.3 Å². The lowest BCUT2D eigenvalue weighted by Crippen LogP contribution is -2.45. The number of thiazole rings is 1. The molecule has 108 valence electrons. The van der Waals surface area contributed by atoms with Crippen LogP contribution in [0.15, 0.2) is 23.7 Å². The molecule has 1 amide bonds. The van der Waals surface area contributed by atoms with Gasteiger partial charge >= 0.3 is 0 Å². The summed E-state index contributed by atoms with van der Waals surface area (Å²) in [5.74, 6) is -0.125. The van der Waals surface area contributed by atoms with Gasteiger partial charge in [-0.3, -0.25) is 4.79 Å². The maximum Gasteiger partial charge on any atom is 0.251 e. The lowest BCUT2D eigenvalue weighted by molar-refractivity contribution is -0.0479. The van der Waals surface area contributed by atoms with Crippen molar-refractivity contribution in [2.75, 3.05) is 27.4 Å². The number of ether oxygens (including phenoxy) is 2. The van der Waals surface area contributed by atoms with Crippen LogP contribution in [0.25, 0.3) is 10.2 Å². The zero-order valence-electron chi connectivity index (χ0n) is 11.8. The van der Waals surface area contributed by atoms with E-state index >= 15 is 0 Å². The zero-order chi connectivity index (χ0) is 14.6. The lowest BCUT2D eigenvalue weighted by Gasteiger charge is -2.27. The van der Waals surface area contributed by atoms with Crippen LogP contribution >= 0.6 is 11.3 Å². The van der Waals surface area contributed by atoms with Gasteiger partial charge in [0.25, 0.3) is 5.91 Å². The molecule has 0 fully saturated rings. The van der Waals surface area contributed by atoms with Gasteiger partial charge in [0.05, 0.1) is 22.3 Å². The molecular weight excluding hydrogens is 276 g/mol. The molecule has 0 bridgehead atoms. The van der Waals surface area contributed by atoms with E-state index in [4.69, 9.17) is 9.47 Å². The molecule has 0 radical (unpaired) electrons. The van der Waals surface area contributed by atoms with Crippen LogP contribution in [-0.4, -0.2) is 43.9 Å². The van der Waals surface area contributed by atoms with Crippen LogP contribution in [-0.2, 0) is 9.47 Å². The van der Waals surface area contributed by atoms with Crippen molar-refractivity contribution >= 4 is 27.5 Å². The molecule has 2 rings (SSSR count). The summed E-state index contributed by atoms with van der Waals surface area (Å²) < 4.78 is 11.5. The van der Waals surface area contributed by atoms with E-state index in [9.17, 15) is 4.79 Å². The summed E-state index contributed by atoms with van der Waals surface area (Å²) in [6.07, 6.45) is 0. The largest absolute Gasteiger partial charge is 0.382 e. The summed E-state index contributed by atoms with van der Waals surface area (Å²) in [5.41, 5.74) is 2.77. The van der Waals surface area contributed by atoms with Crippen molar-refractivity contribution in [2.24, 2.45) is 0 Å². The predicted octanol–water partition coefficient (Wildman–Crippen LogP) is 2.08. The summed E-state index contributed by atoms with van der Waals surface area (Å²) in [5, 5.41) is 2.87. The van der Waals surface area contributed by atoms with Crippen molar-refractivity contribution < 1.29 is 14.3 Å². The Morgan fingerprint density at radius 1 is 1.45 bits per heavy atom. The number of benzene rings is 1. The fourth-order valence-electron chi connectivity index (χ4n) is 1.85. The average Bonchev–Trinajstić information content (AvgIpc) is 2.92. The van der Waals surface area contributed by atoms with Crippen molar-refractivity contribution in [3.05, 3.63) is 29.3 Å². The maximum atomic E-state index is 12.2. The van der Waals surface area contributed by atoms with Crippen LogP contribution < -0.4 is 5.32 Å². The summed E-state index contributed by atoms with van der Waals surface area (Å²) >= 11 is 1.52. The highest BCUT2D eigenvalue weighted by atomic mass is 32.1. The number of carbonyl (C=O) groups is 1. The zero-order valence-corrected chi connectivity index (χ0v) is 12.6. The van der Waals surface area contributed by atoms with Crippen LogP contribution in [0.4, 0.5) is 0 Å². The number of amides is 1. The summed E-state index contributed by atoms with van der Waals surface area (Å²) in [6.45, 7) is 2.69. The quantitative estimate of drug-likeness (QED) is 0.886. The van der Waals surface area contributed by atoms with Crippen molar-refractivity contribution in [2.45, 2.75) is 12.5 Å². The van der Waals surface area contributed by atoms with Gasteiger partial charge in [0.2, 0.25) is 0 Å². The normalized spacial score (nSPS) is 14.2. The molecule has 6 heteroatoms. The molecule has 1 heterocycles. The minimum absolute atomic E-state index is 0.125. The number of nitrogens with zero attached hydrogens (tertiary/aromatic N) is 1. The number of rotatable bonds is 6. The third-order valence-corrected chi connectivity index (χ3v) is 3.95. The van der Waals surface area contributed by atoms with Crippen LogP contribution in [0.2, 0.25) is 0 Å². The topological polar surface area (TPSA) is 60.5 Å². The van der Waals surface area contributed by atoms with E-state index in [1.54, 1.807) is 25.8 Å². The molecule has 1 atom stereocenters. The summed E-state index contributed by atoms with van der Waals surface area (Å²) in [4.78, 5) is 16.3. The molecule has 1 N–H and O–H groups in total. The van der Waals surface area contributed by atoms with Gasteiger partial charge in [-0.25, -0.2) is 4.98 Å². The SMILES string of the molecule is COCC(C)(CNC(=O)c1ccc2ncsc2c1)OC. The average molecular weight is 294 g/mol. The fraction of sp³-hybridized carbons (Fsp3) is 0.429. The second kappa shape index (κ2) is 6.30. The van der Waals surface area contributed by atoms with Crippen LogP contribution in [0.3, 0.4) is 0 Å². The van der Waals surface area contributed by atoms with E-state index < -0.39 is 5.60 Å². The Bertz CT molecular complexity index is 599. The van der Waals surface area contributed by atoms with E-state index in [1.807, 2.05) is 19.1 Å². The molecule has 0 spiro atoms. The Hall–Kier alpha value is -1.50. The molecule has 0 saturated carbocycles. The van der Waals surface area contributed by atoms with Crippen molar-refractivity contribution in [3.63, 3.8) is 0 Å². The van der Waals surface area contributed by atoms with E-state index in [0.717, 1.165) is 10.2 Å². The molecule has 1 unspecified atom stereocenters. The number of hydrogen-bond acceptors (Lipinski definition) is 5. The second-order valence-electron chi connectivity index (χ2n) is 4.80. The molecule has 0 aliphatic rings.